The summed E-state index contributed by atoms with van der Waals surface area (Å²) in [7, 11) is 0. The van der Waals surface area contributed by atoms with Gasteiger partial charge >= 0.3 is 6.18 Å². The molecule has 2 aliphatic heterocycles. The number of hydrogen-bond donors (Lipinski definition) is 0. The van der Waals surface area contributed by atoms with Crippen LogP contribution < -0.4 is 4.90 Å². The number of amides is 1. The van der Waals surface area contributed by atoms with Crippen LogP contribution in [0.25, 0.3) is 10.9 Å². The molecule has 6 nitrogen and oxygen atoms in total. The SMILES string of the molecule is O=C(c1ccc2c(c1)cc(N1CCOCC1)n2CC(F)(F)F)N1CCN(C2CCCCC2)CC1. The molecule has 1 saturated carbocycles. The largest absolute Gasteiger partial charge is 0.406 e. The van der Waals surface area contributed by atoms with Crippen molar-refractivity contribution < 1.29 is 22.7 Å². The maximum Gasteiger partial charge on any atom is 0.406 e. The zero-order valence-corrected chi connectivity index (χ0v) is 19.5. The summed E-state index contributed by atoms with van der Waals surface area (Å²) in [6.07, 6.45) is 2.10. The average molecular weight is 479 g/mol. The van der Waals surface area contributed by atoms with Crippen LogP contribution in [0, 0.1) is 0 Å². The highest BCUT2D eigenvalue weighted by Gasteiger charge is 2.32. The quantitative estimate of drug-likeness (QED) is 0.663. The molecule has 1 aromatic carbocycles. The second-order valence-corrected chi connectivity index (χ2v) is 9.70. The fourth-order valence-electron chi connectivity index (χ4n) is 5.71. The van der Waals surface area contributed by atoms with Crippen LogP contribution in [-0.4, -0.2) is 85.0 Å². The fraction of sp³-hybridized carbons (Fsp3) is 0.640. The molecule has 0 atom stereocenters. The average Bonchev–Trinajstić information content (AvgIpc) is 3.21. The lowest BCUT2D eigenvalue weighted by Crippen LogP contribution is -2.52. The molecule has 1 aliphatic carbocycles. The number of aromatic nitrogens is 1. The molecule has 0 unspecified atom stereocenters. The van der Waals surface area contributed by atoms with Gasteiger partial charge in [0, 0.05) is 56.3 Å². The Morgan fingerprint density at radius 2 is 1.65 bits per heavy atom. The van der Waals surface area contributed by atoms with Gasteiger partial charge in [-0.05, 0) is 37.1 Å². The van der Waals surface area contributed by atoms with Crippen molar-refractivity contribution in [3.63, 3.8) is 0 Å². The Labute approximate surface area is 198 Å². The summed E-state index contributed by atoms with van der Waals surface area (Å²) >= 11 is 0. The highest BCUT2D eigenvalue weighted by Crippen LogP contribution is 2.32. The van der Waals surface area contributed by atoms with Crippen molar-refractivity contribution in [2.24, 2.45) is 0 Å². The number of piperazine rings is 1. The van der Waals surface area contributed by atoms with E-state index in [1.165, 1.54) is 36.7 Å². The molecule has 0 radical (unpaired) electrons. The normalized spacial score (nSPS) is 21.4. The Bertz CT molecular complexity index is 1000. The predicted octanol–water partition coefficient (Wildman–Crippen LogP) is 4.13. The molecule has 3 heterocycles. The molecule has 186 valence electrons. The number of hydrogen-bond acceptors (Lipinski definition) is 4. The number of ether oxygens (including phenoxy) is 1. The fourth-order valence-corrected chi connectivity index (χ4v) is 5.71. The van der Waals surface area contributed by atoms with E-state index in [-0.39, 0.29) is 5.91 Å². The van der Waals surface area contributed by atoms with Gasteiger partial charge in [-0.3, -0.25) is 9.69 Å². The first kappa shape index (κ1) is 23.5. The van der Waals surface area contributed by atoms with Crippen molar-refractivity contribution in [2.45, 2.75) is 50.9 Å². The summed E-state index contributed by atoms with van der Waals surface area (Å²) in [5, 5.41) is 0.664. The number of nitrogens with zero attached hydrogens (tertiary/aromatic N) is 4. The number of rotatable bonds is 4. The third-order valence-corrected chi connectivity index (χ3v) is 7.49. The standard InChI is InChI=1S/C25H33F3N4O2/c26-25(27,28)18-32-22-7-6-19(16-20(22)17-23(32)30-12-14-34-15-13-30)24(33)31-10-8-29(9-11-31)21-4-2-1-3-5-21/h6-7,16-17,21H,1-5,8-15,18H2. The molecular weight excluding hydrogens is 445 g/mol. The van der Waals surface area contributed by atoms with Crippen molar-refractivity contribution in [3.8, 4) is 0 Å². The molecule has 34 heavy (non-hydrogen) atoms. The van der Waals surface area contributed by atoms with E-state index in [9.17, 15) is 18.0 Å². The molecule has 1 aromatic heterocycles. The van der Waals surface area contributed by atoms with Gasteiger partial charge in [-0.25, -0.2) is 0 Å². The molecule has 9 heteroatoms. The Morgan fingerprint density at radius 3 is 2.32 bits per heavy atom. The van der Waals surface area contributed by atoms with E-state index in [0.717, 1.165) is 13.1 Å². The summed E-state index contributed by atoms with van der Waals surface area (Å²) in [6, 6.07) is 7.52. The number of benzene rings is 1. The molecule has 0 spiro atoms. The number of anilines is 1. The minimum absolute atomic E-state index is 0.0401. The maximum absolute atomic E-state index is 13.4. The predicted molar refractivity (Wildman–Crippen MR) is 125 cm³/mol. The van der Waals surface area contributed by atoms with Gasteiger partial charge in [0.05, 0.1) is 18.7 Å². The van der Waals surface area contributed by atoms with Crippen LogP contribution in [0.4, 0.5) is 19.0 Å². The monoisotopic (exact) mass is 478 g/mol. The van der Waals surface area contributed by atoms with E-state index in [1.807, 2.05) is 9.80 Å². The Balaban J connectivity index is 1.34. The van der Waals surface area contributed by atoms with E-state index < -0.39 is 12.7 Å². The lowest BCUT2D eigenvalue weighted by atomic mass is 9.94. The molecular formula is C25H33F3N4O2. The van der Waals surface area contributed by atoms with Gasteiger partial charge in [0.25, 0.3) is 5.91 Å². The van der Waals surface area contributed by atoms with Crippen LogP contribution in [0.2, 0.25) is 0 Å². The molecule has 1 amide bonds. The number of carbonyl (C=O) groups excluding carboxylic acids is 1. The first-order valence-corrected chi connectivity index (χ1v) is 12.5. The van der Waals surface area contributed by atoms with Crippen molar-refractivity contribution in [2.75, 3.05) is 57.4 Å². The van der Waals surface area contributed by atoms with E-state index >= 15 is 0 Å². The first-order valence-electron chi connectivity index (χ1n) is 12.5. The molecule has 3 aliphatic rings. The van der Waals surface area contributed by atoms with E-state index in [2.05, 4.69) is 4.90 Å². The highest BCUT2D eigenvalue weighted by molar-refractivity contribution is 5.99. The molecule has 3 fully saturated rings. The minimum Gasteiger partial charge on any atom is -0.378 e. The van der Waals surface area contributed by atoms with Gasteiger partial charge in [0.1, 0.15) is 12.4 Å². The van der Waals surface area contributed by atoms with Gasteiger partial charge in [0.2, 0.25) is 0 Å². The number of carbonyl (C=O) groups is 1. The van der Waals surface area contributed by atoms with Gasteiger partial charge in [-0.1, -0.05) is 19.3 Å². The summed E-state index contributed by atoms with van der Waals surface area (Å²) in [6.45, 7) is 4.19. The van der Waals surface area contributed by atoms with Crippen LogP contribution in [0.15, 0.2) is 24.3 Å². The highest BCUT2D eigenvalue weighted by atomic mass is 19.4. The zero-order valence-electron chi connectivity index (χ0n) is 19.5. The van der Waals surface area contributed by atoms with Crippen molar-refractivity contribution in [1.29, 1.82) is 0 Å². The summed E-state index contributed by atoms with van der Waals surface area (Å²) in [5.74, 6) is 0.489. The lowest BCUT2D eigenvalue weighted by molar-refractivity contribution is -0.139. The topological polar surface area (TPSA) is 41.0 Å². The van der Waals surface area contributed by atoms with Crippen LogP contribution in [0.1, 0.15) is 42.5 Å². The van der Waals surface area contributed by atoms with Gasteiger partial charge in [0.15, 0.2) is 0 Å². The van der Waals surface area contributed by atoms with Gasteiger partial charge in [-0.15, -0.1) is 0 Å². The molecule has 2 aromatic rings. The number of morpholine rings is 1. The number of fused-ring (bicyclic) bond motifs is 1. The van der Waals surface area contributed by atoms with Crippen molar-refractivity contribution >= 4 is 22.6 Å². The second-order valence-electron chi connectivity index (χ2n) is 9.70. The van der Waals surface area contributed by atoms with E-state index in [1.54, 1.807) is 24.3 Å². The van der Waals surface area contributed by atoms with Crippen LogP contribution in [0.5, 0.6) is 0 Å². The maximum atomic E-state index is 13.4. The molecule has 2 saturated heterocycles. The minimum atomic E-state index is -4.33. The smallest absolute Gasteiger partial charge is 0.378 e. The van der Waals surface area contributed by atoms with Crippen LogP contribution in [-0.2, 0) is 11.3 Å². The van der Waals surface area contributed by atoms with Crippen LogP contribution >= 0.6 is 0 Å². The number of alkyl halides is 3. The van der Waals surface area contributed by atoms with Crippen molar-refractivity contribution in [3.05, 3.63) is 29.8 Å². The molecule has 0 bridgehead atoms. The van der Waals surface area contributed by atoms with E-state index in [0.29, 0.717) is 67.7 Å². The van der Waals surface area contributed by atoms with Gasteiger partial charge < -0.3 is 19.1 Å². The summed E-state index contributed by atoms with van der Waals surface area (Å²) < 4.78 is 46.8. The van der Waals surface area contributed by atoms with Gasteiger partial charge in [-0.2, -0.15) is 13.2 Å². The summed E-state index contributed by atoms with van der Waals surface area (Å²) in [4.78, 5) is 19.6. The Hall–Kier alpha value is -2.26. The Morgan fingerprint density at radius 1 is 0.941 bits per heavy atom. The van der Waals surface area contributed by atoms with E-state index in [4.69, 9.17) is 4.74 Å². The number of halogens is 3. The second kappa shape index (κ2) is 9.77. The summed E-state index contributed by atoms with van der Waals surface area (Å²) in [5.41, 5.74) is 1.04. The zero-order chi connectivity index (χ0) is 23.7. The molecule has 0 N–H and O–H groups in total. The molecule has 5 rings (SSSR count). The first-order chi connectivity index (χ1) is 16.4. The van der Waals surface area contributed by atoms with Crippen LogP contribution in [0.3, 0.4) is 0 Å². The third-order valence-electron chi connectivity index (χ3n) is 7.49. The Kier molecular flexibility index (Phi) is 6.75. The lowest BCUT2D eigenvalue weighted by Gasteiger charge is -2.40. The third kappa shape index (κ3) is 5.05. The van der Waals surface area contributed by atoms with Crippen molar-refractivity contribution in [1.82, 2.24) is 14.4 Å².